The van der Waals surface area contributed by atoms with Crippen molar-refractivity contribution in [3.63, 3.8) is 0 Å². The Bertz CT molecular complexity index is 2980. The fourth-order valence-corrected chi connectivity index (χ4v) is 11.9. The van der Waals surface area contributed by atoms with E-state index in [1.807, 2.05) is 11.3 Å². The quantitative estimate of drug-likeness (QED) is 0.169. The van der Waals surface area contributed by atoms with Gasteiger partial charge in [0.2, 0.25) is 0 Å². The Kier molecular flexibility index (Phi) is 10.2. The molecule has 2 aliphatic carbocycles. The largest absolute Gasteiger partial charge is 0.303 e. The van der Waals surface area contributed by atoms with Crippen LogP contribution in [0, 0.1) is 5.92 Å². The van der Waals surface area contributed by atoms with Crippen LogP contribution in [-0.4, -0.2) is 0 Å². The van der Waals surface area contributed by atoms with Gasteiger partial charge in [-0.25, -0.2) is 0 Å². The van der Waals surface area contributed by atoms with Crippen LogP contribution in [0.4, 0.5) is 0 Å². The third kappa shape index (κ3) is 7.12. The Balaban J connectivity index is 0.996. The maximum Gasteiger partial charge on any atom is 0.0433 e. The van der Waals surface area contributed by atoms with E-state index in [9.17, 15) is 0 Å². The molecule has 3 aliphatic rings. The highest BCUT2D eigenvalue weighted by atomic mass is 32.1. The summed E-state index contributed by atoms with van der Waals surface area (Å²) in [5.74, 6) is 0.475. The van der Waals surface area contributed by atoms with Gasteiger partial charge in [0.1, 0.15) is 0 Å². The lowest BCUT2D eigenvalue weighted by Crippen LogP contribution is -2.28. The topological polar surface area (TPSA) is 12.0 Å². The lowest BCUT2D eigenvalue weighted by Gasteiger charge is -2.29. The van der Waals surface area contributed by atoms with Crippen LogP contribution in [0.5, 0.6) is 0 Å². The molecule has 298 valence electrons. The smallest absolute Gasteiger partial charge is 0.0433 e. The normalized spacial score (nSPS) is 19.0. The Morgan fingerprint density at radius 3 is 2.15 bits per heavy atom. The van der Waals surface area contributed by atoms with Gasteiger partial charge in [0.25, 0.3) is 0 Å². The number of thiophene rings is 1. The van der Waals surface area contributed by atoms with E-state index in [0.717, 1.165) is 44.9 Å². The fraction of sp³-hybridized carbons (Fsp3) is 0.186. The maximum atomic E-state index is 4.26. The third-order valence-corrected chi connectivity index (χ3v) is 14.9. The summed E-state index contributed by atoms with van der Waals surface area (Å²) in [5.41, 5.74) is 19.5. The van der Waals surface area contributed by atoms with E-state index in [0.29, 0.717) is 5.92 Å². The molecular weight excluding hydrogens is 755 g/mol. The number of hydrogen-bond acceptors (Lipinski definition) is 2. The molecule has 7 aromatic carbocycles. The van der Waals surface area contributed by atoms with Gasteiger partial charge in [-0.1, -0.05) is 182 Å². The molecule has 2 heterocycles. The third-order valence-electron chi connectivity index (χ3n) is 13.7. The van der Waals surface area contributed by atoms with Gasteiger partial charge in [-0.2, -0.15) is 0 Å². The van der Waals surface area contributed by atoms with Crippen molar-refractivity contribution in [1.82, 2.24) is 5.32 Å². The van der Waals surface area contributed by atoms with Crippen LogP contribution in [0.15, 0.2) is 188 Å². The van der Waals surface area contributed by atoms with Gasteiger partial charge in [-0.05, 0) is 135 Å². The van der Waals surface area contributed by atoms with Crippen LogP contribution in [0.2, 0.25) is 0 Å². The minimum Gasteiger partial charge on any atom is -0.303 e. The molecule has 1 nitrogen and oxygen atoms in total. The number of rotatable bonds is 7. The first-order valence-electron chi connectivity index (χ1n) is 22.4. The van der Waals surface area contributed by atoms with Gasteiger partial charge in [0, 0.05) is 32.3 Å². The molecule has 0 saturated carbocycles. The van der Waals surface area contributed by atoms with Gasteiger partial charge in [-0.15, -0.1) is 11.3 Å². The van der Waals surface area contributed by atoms with Crippen molar-refractivity contribution >= 4 is 42.7 Å². The van der Waals surface area contributed by atoms with E-state index in [1.54, 1.807) is 5.57 Å². The lowest BCUT2D eigenvalue weighted by molar-refractivity contribution is 0.381. The van der Waals surface area contributed by atoms with E-state index >= 15 is 0 Å². The van der Waals surface area contributed by atoms with Crippen LogP contribution >= 0.6 is 11.3 Å². The molecule has 0 spiro atoms. The highest BCUT2D eigenvalue weighted by Crippen LogP contribution is 2.50. The Hall–Kier alpha value is -6.06. The van der Waals surface area contributed by atoms with E-state index in [2.05, 4.69) is 194 Å². The molecular formula is C59H51NS. The highest BCUT2D eigenvalue weighted by molar-refractivity contribution is 7.26. The minimum atomic E-state index is 0.221. The summed E-state index contributed by atoms with van der Waals surface area (Å²) in [7, 11) is 0. The van der Waals surface area contributed by atoms with Gasteiger partial charge < -0.3 is 5.32 Å². The molecule has 3 unspecified atom stereocenters. The zero-order chi connectivity index (χ0) is 40.7. The van der Waals surface area contributed by atoms with Crippen molar-refractivity contribution in [1.29, 1.82) is 0 Å². The predicted octanol–water partition coefficient (Wildman–Crippen LogP) is 16.4. The SMILES string of the molecule is CCC1CC(c2ccccc2)NC(c2cccc(-c3ccc(-c4cccc5c4sc4cc(-c6ccccc6)ccc45)c4c3C3=C(CCC=C3)C4)c2)CCC=C1c1ccccc1. The van der Waals surface area contributed by atoms with E-state index in [1.165, 1.54) is 92.5 Å². The summed E-state index contributed by atoms with van der Waals surface area (Å²) >= 11 is 1.95. The van der Waals surface area contributed by atoms with Crippen LogP contribution in [0.25, 0.3) is 64.7 Å². The second-order valence-corrected chi connectivity index (χ2v) is 18.3. The maximum absolute atomic E-state index is 4.26. The summed E-state index contributed by atoms with van der Waals surface area (Å²) in [5, 5.41) is 6.96. The summed E-state index contributed by atoms with van der Waals surface area (Å²) in [6, 6.07) is 61.9. The first-order chi connectivity index (χ1) is 30.2. The first-order valence-corrected chi connectivity index (χ1v) is 23.2. The van der Waals surface area contributed by atoms with E-state index < -0.39 is 0 Å². The van der Waals surface area contributed by atoms with E-state index in [4.69, 9.17) is 0 Å². The Morgan fingerprint density at radius 1 is 0.590 bits per heavy atom. The molecule has 11 rings (SSSR count). The van der Waals surface area contributed by atoms with Gasteiger partial charge in [-0.3, -0.25) is 0 Å². The summed E-state index contributed by atoms with van der Waals surface area (Å²) in [6.07, 6.45) is 14.9. The molecule has 0 radical (unpaired) electrons. The molecule has 8 aromatic rings. The van der Waals surface area contributed by atoms with Crippen molar-refractivity contribution in [3.05, 3.63) is 215 Å². The molecule has 0 bridgehead atoms. The number of allylic oxidation sites excluding steroid dienone is 6. The van der Waals surface area contributed by atoms with Gasteiger partial charge >= 0.3 is 0 Å². The van der Waals surface area contributed by atoms with Gasteiger partial charge in [0.05, 0.1) is 0 Å². The average Bonchev–Trinajstić information content (AvgIpc) is 3.93. The monoisotopic (exact) mass is 805 g/mol. The minimum absolute atomic E-state index is 0.221. The second kappa shape index (κ2) is 16.4. The zero-order valence-electron chi connectivity index (χ0n) is 34.9. The number of nitrogens with one attached hydrogen (secondary N) is 1. The Morgan fingerprint density at radius 2 is 1.33 bits per heavy atom. The predicted molar refractivity (Wildman–Crippen MR) is 262 cm³/mol. The van der Waals surface area contributed by atoms with Crippen molar-refractivity contribution in [2.24, 2.45) is 5.92 Å². The van der Waals surface area contributed by atoms with Crippen molar-refractivity contribution in [2.45, 2.75) is 64.0 Å². The van der Waals surface area contributed by atoms with Crippen LogP contribution in [0.3, 0.4) is 0 Å². The van der Waals surface area contributed by atoms with Crippen LogP contribution in [-0.2, 0) is 6.42 Å². The fourth-order valence-electron chi connectivity index (χ4n) is 10.7. The number of benzene rings is 7. The molecule has 1 aromatic heterocycles. The molecule has 3 atom stereocenters. The summed E-state index contributed by atoms with van der Waals surface area (Å²) in [4.78, 5) is 0. The highest BCUT2D eigenvalue weighted by Gasteiger charge is 2.30. The van der Waals surface area contributed by atoms with Crippen molar-refractivity contribution < 1.29 is 0 Å². The molecule has 0 fully saturated rings. The summed E-state index contributed by atoms with van der Waals surface area (Å²) < 4.78 is 2.73. The number of fused-ring (bicyclic) bond motifs is 5. The molecule has 0 saturated heterocycles. The molecule has 1 aliphatic heterocycles. The number of hydrogen-bond donors (Lipinski definition) is 1. The standard InChI is InChI=1S/C59H51NS/c1-2-39-37-56(42-21-10-5-11-22-42)60-55(30-16-27-47(39)41-19-8-4-9-20-41)46-25-14-24-44(35-46)49-33-34-50(54-36-45-23-12-13-26-48(45)58(49)54)52-28-15-29-53-51-32-31-43(38-57(51)61-59(52)53)40-17-6-3-7-18-40/h3-11,13-15,17-22,24-29,31-35,38-39,55-56,60H,2,12,16,23,30,36-37H2,1H3. The average molecular weight is 806 g/mol. The molecule has 61 heavy (non-hydrogen) atoms. The lowest BCUT2D eigenvalue weighted by atomic mass is 9.83. The van der Waals surface area contributed by atoms with E-state index in [-0.39, 0.29) is 12.1 Å². The van der Waals surface area contributed by atoms with Crippen LogP contribution < -0.4 is 5.32 Å². The van der Waals surface area contributed by atoms with Crippen molar-refractivity contribution in [2.75, 3.05) is 0 Å². The second-order valence-electron chi connectivity index (χ2n) is 17.3. The summed E-state index contributed by atoms with van der Waals surface area (Å²) in [6.45, 7) is 2.36. The Labute approximate surface area is 364 Å². The molecule has 0 amide bonds. The zero-order valence-corrected chi connectivity index (χ0v) is 35.7. The molecule has 2 heteroatoms. The molecule has 1 N–H and O–H groups in total. The first kappa shape index (κ1) is 37.9. The van der Waals surface area contributed by atoms with Gasteiger partial charge in [0.15, 0.2) is 0 Å². The van der Waals surface area contributed by atoms with Crippen LogP contribution in [0.1, 0.15) is 85.3 Å². The van der Waals surface area contributed by atoms with Crippen molar-refractivity contribution in [3.8, 4) is 33.4 Å².